The lowest BCUT2D eigenvalue weighted by atomic mass is 10.0. The van der Waals surface area contributed by atoms with Crippen molar-refractivity contribution in [1.82, 2.24) is 9.97 Å². The van der Waals surface area contributed by atoms with Gasteiger partial charge in [-0.2, -0.15) is 0 Å². The Labute approximate surface area is 111 Å². The maximum absolute atomic E-state index is 12.4. The standard InChI is InChI=1S/C16H12N2O/c1-11-7-14(10-17-9-11)16(19)13-4-5-15-12(8-13)3-2-6-18-15/h2-10H,1H3. The summed E-state index contributed by atoms with van der Waals surface area (Å²) in [6, 6.07) is 11.2. The van der Waals surface area contributed by atoms with Crippen molar-refractivity contribution < 1.29 is 4.79 Å². The molecule has 1 aromatic carbocycles. The number of hydrogen-bond acceptors (Lipinski definition) is 3. The molecule has 0 aliphatic carbocycles. The minimum Gasteiger partial charge on any atom is -0.289 e. The Kier molecular flexibility index (Phi) is 2.80. The number of hydrogen-bond donors (Lipinski definition) is 0. The summed E-state index contributed by atoms with van der Waals surface area (Å²) in [6.07, 6.45) is 5.08. The lowest BCUT2D eigenvalue weighted by Gasteiger charge is -2.03. The van der Waals surface area contributed by atoms with Crippen LogP contribution in [0, 0.1) is 6.92 Å². The van der Waals surface area contributed by atoms with E-state index in [2.05, 4.69) is 9.97 Å². The second-order valence-corrected chi connectivity index (χ2v) is 4.49. The third kappa shape index (κ3) is 2.22. The predicted octanol–water partition coefficient (Wildman–Crippen LogP) is 3.17. The fourth-order valence-electron chi connectivity index (χ4n) is 2.06. The second-order valence-electron chi connectivity index (χ2n) is 4.49. The molecule has 0 bridgehead atoms. The molecule has 0 atom stereocenters. The van der Waals surface area contributed by atoms with Gasteiger partial charge >= 0.3 is 0 Å². The molecule has 0 fully saturated rings. The number of pyridine rings is 2. The molecule has 2 aromatic heterocycles. The van der Waals surface area contributed by atoms with Gasteiger partial charge in [-0.25, -0.2) is 0 Å². The minimum absolute atomic E-state index is 0.0121. The van der Waals surface area contributed by atoms with Crippen LogP contribution < -0.4 is 0 Å². The average molecular weight is 248 g/mol. The van der Waals surface area contributed by atoms with Gasteiger partial charge in [0.15, 0.2) is 5.78 Å². The van der Waals surface area contributed by atoms with Gasteiger partial charge in [-0.05, 0) is 42.8 Å². The Morgan fingerprint density at radius 1 is 1.05 bits per heavy atom. The quantitative estimate of drug-likeness (QED) is 0.654. The SMILES string of the molecule is Cc1cncc(C(=O)c2ccc3ncccc3c2)c1. The van der Waals surface area contributed by atoms with Crippen LogP contribution in [0.3, 0.4) is 0 Å². The van der Waals surface area contributed by atoms with Crippen LogP contribution in [0.15, 0.2) is 55.0 Å². The van der Waals surface area contributed by atoms with Gasteiger partial charge in [0.1, 0.15) is 0 Å². The molecule has 0 spiro atoms. The van der Waals surface area contributed by atoms with Crippen molar-refractivity contribution >= 4 is 16.7 Å². The highest BCUT2D eigenvalue weighted by atomic mass is 16.1. The van der Waals surface area contributed by atoms with Crippen LogP contribution in [-0.2, 0) is 0 Å². The summed E-state index contributed by atoms with van der Waals surface area (Å²) in [4.78, 5) is 20.7. The highest BCUT2D eigenvalue weighted by Gasteiger charge is 2.10. The summed E-state index contributed by atoms with van der Waals surface area (Å²) < 4.78 is 0. The molecule has 0 N–H and O–H groups in total. The molecule has 3 rings (SSSR count). The van der Waals surface area contributed by atoms with Gasteiger partial charge in [-0.15, -0.1) is 0 Å². The van der Waals surface area contributed by atoms with Gasteiger partial charge in [0, 0.05) is 35.1 Å². The molecule has 3 nitrogen and oxygen atoms in total. The first-order valence-electron chi connectivity index (χ1n) is 6.05. The van der Waals surface area contributed by atoms with Gasteiger partial charge in [0.2, 0.25) is 0 Å². The van der Waals surface area contributed by atoms with Gasteiger partial charge in [-0.3, -0.25) is 14.8 Å². The first-order chi connectivity index (χ1) is 9.24. The van der Waals surface area contributed by atoms with E-state index in [4.69, 9.17) is 0 Å². The molecule has 3 aromatic rings. The Hall–Kier alpha value is -2.55. The average Bonchev–Trinajstić information content (AvgIpc) is 2.46. The lowest BCUT2D eigenvalue weighted by molar-refractivity contribution is 0.103. The van der Waals surface area contributed by atoms with Crippen LogP contribution in [0.2, 0.25) is 0 Å². The van der Waals surface area contributed by atoms with E-state index in [1.165, 1.54) is 0 Å². The van der Waals surface area contributed by atoms with Crippen molar-refractivity contribution in [2.45, 2.75) is 6.92 Å². The van der Waals surface area contributed by atoms with Crippen molar-refractivity contribution in [1.29, 1.82) is 0 Å². The Morgan fingerprint density at radius 3 is 2.79 bits per heavy atom. The Balaban J connectivity index is 2.06. The molecule has 0 aliphatic rings. The number of rotatable bonds is 2. The molecular weight excluding hydrogens is 236 g/mol. The normalized spacial score (nSPS) is 10.6. The molecule has 0 aliphatic heterocycles. The summed E-state index contributed by atoms with van der Waals surface area (Å²) >= 11 is 0. The second kappa shape index (κ2) is 4.61. The molecule has 0 saturated heterocycles. The summed E-state index contributed by atoms with van der Waals surface area (Å²) in [5, 5.41) is 0.967. The molecular formula is C16H12N2O. The zero-order valence-corrected chi connectivity index (χ0v) is 10.5. The third-order valence-electron chi connectivity index (χ3n) is 3.00. The highest BCUT2D eigenvalue weighted by molar-refractivity contribution is 6.10. The monoisotopic (exact) mass is 248 g/mol. The van der Waals surface area contributed by atoms with Crippen LogP contribution in [0.1, 0.15) is 21.5 Å². The summed E-state index contributed by atoms with van der Waals surface area (Å²) in [5.74, 6) is -0.0121. The molecule has 0 saturated carbocycles. The fraction of sp³-hybridized carbons (Fsp3) is 0.0625. The van der Waals surface area contributed by atoms with E-state index in [1.807, 2.05) is 37.3 Å². The van der Waals surface area contributed by atoms with E-state index < -0.39 is 0 Å². The predicted molar refractivity (Wildman–Crippen MR) is 74.1 cm³/mol. The molecule has 19 heavy (non-hydrogen) atoms. The number of ketones is 1. The van der Waals surface area contributed by atoms with Crippen molar-refractivity contribution in [3.63, 3.8) is 0 Å². The van der Waals surface area contributed by atoms with E-state index in [-0.39, 0.29) is 5.78 Å². The fourth-order valence-corrected chi connectivity index (χ4v) is 2.06. The molecule has 3 heteroatoms. The maximum atomic E-state index is 12.4. The van der Waals surface area contributed by atoms with Crippen LogP contribution in [0.25, 0.3) is 10.9 Å². The smallest absolute Gasteiger partial charge is 0.194 e. The molecule has 92 valence electrons. The first kappa shape index (κ1) is 11.5. The van der Waals surface area contributed by atoms with Crippen LogP contribution in [0.4, 0.5) is 0 Å². The van der Waals surface area contributed by atoms with E-state index in [9.17, 15) is 4.79 Å². The largest absolute Gasteiger partial charge is 0.289 e. The summed E-state index contributed by atoms with van der Waals surface area (Å²) in [6.45, 7) is 1.92. The zero-order valence-electron chi connectivity index (χ0n) is 10.5. The van der Waals surface area contributed by atoms with Gasteiger partial charge in [-0.1, -0.05) is 6.07 Å². The van der Waals surface area contributed by atoms with Crippen molar-refractivity contribution in [3.8, 4) is 0 Å². The van der Waals surface area contributed by atoms with E-state index in [0.29, 0.717) is 11.1 Å². The molecule has 0 amide bonds. The van der Waals surface area contributed by atoms with E-state index in [1.54, 1.807) is 24.7 Å². The number of carbonyl (C=O) groups is 1. The van der Waals surface area contributed by atoms with Crippen LogP contribution >= 0.6 is 0 Å². The van der Waals surface area contributed by atoms with Crippen molar-refractivity contribution in [2.24, 2.45) is 0 Å². The van der Waals surface area contributed by atoms with Gasteiger partial charge in [0.05, 0.1) is 5.52 Å². The van der Waals surface area contributed by atoms with Crippen LogP contribution in [0.5, 0.6) is 0 Å². The number of fused-ring (bicyclic) bond motifs is 1. The highest BCUT2D eigenvalue weighted by Crippen LogP contribution is 2.16. The number of nitrogens with zero attached hydrogens (tertiary/aromatic N) is 2. The zero-order chi connectivity index (χ0) is 13.2. The number of aromatic nitrogens is 2. The van der Waals surface area contributed by atoms with Crippen molar-refractivity contribution in [3.05, 3.63) is 71.7 Å². The third-order valence-corrected chi connectivity index (χ3v) is 3.00. The minimum atomic E-state index is -0.0121. The number of aryl methyl sites for hydroxylation is 1. The Bertz CT molecular complexity index is 765. The summed E-state index contributed by atoms with van der Waals surface area (Å²) in [5.41, 5.74) is 3.14. The van der Waals surface area contributed by atoms with Crippen molar-refractivity contribution in [2.75, 3.05) is 0 Å². The van der Waals surface area contributed by atoms with Gasteiger partial charge in [0.25, 0.3) is 0 Å². The summed E-state index contributed by atoms with van der Waals surface area (Å²) in [7, 11) is 0. The number of benzene rings is 1. The van der Waals surface area contributed by atoms with Gasteiger partial charge < -0.3 is 0 Å². The first-order valence-corrected chi connectivity index (χ1v) is 6.05. The maximum Gasteiger partial charge on any atom is 0.194 e. The topological polar surface area (TPSA) is 42.9 Å². The molecule has 0 radical (unpaired) electrons. The van der Waals surface area contributed by atoms with E-state index >= 15 is 0 Å². The van der Waals surface area contributed by atoms with E-state index in [0.717, 1.165) is 16.5 Å². The number of carbonyl (C=O) groups excluding carboxylic acids is 1. The molecule has 0 unspecified atom stereocenters. The van der Waals surface area contributed by atoms with Crippen LogP contribution in [-0.4, -0.2) is 15.8 Å². The lowest BCUT2D eigenvalue weighted by Crippen LogP contribution is -2.02. The molecule has 2 heterocycles. The Morgan fingerprint density at radius 2 is 1.95 bits per heavy atom.